The average molecular weight is 349 g/mol. The van der Waals surface area contributed by atoms with Crippen molar-refractivity contribution in [1.29, 1.82) is 5.26 Å². The standard InChI is InChI=1S/C19H19N5O2/c1-23-12-15(11-17(23)19(26)21-9-4-8-20)22-18(25)13-24-10-7-14-5-2-3-6-16(14)24/h2-3,5-7,10-12H,4,9,13H2,1H3,(H,21,26)(H,22,25). The molecule has 2 aromatic heterocycles. The van der Waals surface area contributed by atoms with Crippen LogP contribution in [0, 0.1) is 11.3 Å². The van der Waals surface area contributed by atoms with E-state index in [1.54, 1.807) is 23.9 Å². The Morgan fingerprint density at radius 2 is 2.04 bits per heavy atom. The second-order valence-electron chi connectivity index (χ2n) is 5.94. The number of amides is 2. The van der Waals surface area contributed by atoms with E-state index in [0.717, 1.165) is 10.9 Å². The lowest BCUT2D eigenvalue weighted by Crippen LogP contribution is -2.25. The number of nitrogens with one attached hydrogen (secondary N) is 2. The molecule has 0 aliphatic rings. The summed E-state index contributed by atoms with van der Waals surface area (Å²) in [6.07, 6.45) is 3.82. The lowest BCUT2D eigenvalue weighted by Gasteiger charge is -2.06. The van der Waals surface area contributed by atoms with Crippen LogP contribution >= 0.6 is 0 Å². The third kappa shape index (κ3) is 3.75. The first kappa shape index (κ1) is 17.3. The Bertz CT molecular complexity index is 993. The molecule has 132 valence electrons. The molecule has 7 heteroatoms. The Kier molecular flexibility index (Phi) is 5.04. The number of fused-ring (bicyclic) bond motifs is 1. The van der Waals surface area contributed by atoms with E-state index in [2.05, 4.69) is 10.6 Å². The van der Waals surface area contributed by atoms with Gasteiger partial charge in [0.15, 0.2) is 0 Å². The summed E-state index contributed by atoms with van der Waals surface area (Å²) in [4.78, 5) is 24.4. The number of para-hydroxylation sites is 1. The van der Waals surface area contributed by atoms with Crippen LogP contribution in [-0.2, 0) is 18.4 Å². The van der Waals surface area contributed by atoms with Gasteiger partial charge >= 0.3 is 0 Å². The van der Waals surface area contributed by atoms with Gasteiger partial charge in [-0.3, -0.25) is 9.59 Å². The van der Waals surface area contributed by atoms with Gasteiger partial charge in [-0.1, -0.05) is 18.2 Å². The van der Waals surface area contributed by atoms with Crippen molar-refractivity contribution in [3.63, 3.8) is 0 Å². The normalized spacial score (nSPS) is 10.5. The minimum Gasteiger partial charge on any atom is -0.350 e. The van der Waals surface area contributed by atoms with Gasteiger partial charge in [0, 0.05) is 31.5 Å². The summed E-state index contributed by atoms with van der Waals surface area (Å²) in [5.74, 6) is -0.451. The summed E-state index contributed by atoms with van der Waals surface area (Å²) < 4.78 is 3.52. The van der Waals surface area contributed by atoms with Crippen LogP contribution in [-0.4, -0.2) is 27.5 Å². The summed E-state index contributed by atoms with van der Waals surface area (Å²) in [5, 5.41) is 15.1. The van der Waals surface area contributed by atoms with E-state index in [9.17, 15) is 9.59 Å². The van der Waals surface area contributed by atoms with E-state index in [1.165, 1.54) is 0 Å². The van der Waals surface area contributed by atoms with E-state index in [0.29, 0.717) is 17.9 Å². The lowest BCUT2D eigenvalue weighted by atomic mass is 10.2. The van der Waals surface area contributed by atoms with Crippen molar-refractivity contribution >= 4 is 28.4 Å². The number of aromatic nitrogens is 2. The van der Waals surface area contributed by atoms with Gasteiger partial charge < -0.3 is 19.8 Å². The first-order valence-electron chi connectivity index (χ1n) is 8.23. The van der Waals surface area contributed by atoms with Crippen molar-refractivity contribution < 1.29 is 9.59 Å². The van der Waals surface area contributed by atoms with Crippen LogP contribution < -0.4 is 10.6 Å². The van der Waals surface area contributed by atoms with Crippen LogP contribution in [0.3, 0.4) is 0 Å². The fourth-order valence-corrected chi connectivity index (χ4v) is 2.81. The molecule has 26 heavy (non-hydrogen) atoms. The highest BCUT2D eigenvalue weighted by atomic mass is 16.2. The second kappa shape index (κ2) is 7.57. The van der Waals surface area contributed by atoms with Crippen LogP contribution in [0.15, 0.2) is 48.8 Å². The van der Waals surface area contributed by atoms with Crippen molar-refractivity contribution in [1.82, 2.24) is 14.5 Å². The quantitative estimate of drug-likeness (QED) is 0.669. The first-order valence-corrected chi connectivity index (χ1v) is 8.23. The number of carbonyl (C=O) groups is 2. The van der Waals surface area contributed by atoms with Crippen LogP contribution in [0.2, 0.25) is 0 Å². The molecule has 0 saturated heterocycles. The highest BCUT2D eigenvalue weighted by Crippen LogP contribution is 2.16. The SMILES string of the molecule is Cn1cc(NC(=O)Cn2ccc3ccccc32)cc1C(=O)NCCC#N. The Balaban J connectivity index is 1.65. The molecule has 7 nitrogen and oxygen atoms in total. The molecule has 0 atom stereocenters. The largest absolute Gasteiger partial charge is 0.350 e. The molecule has 0 unspecified atom stereocenters. The Hall–Kier alpha value is -3.53. The van der Waals surface area contributed by atoms with E-state index < -0.39 is 0 Å². The van der Waals surface area contributed by atoms with Gasteiger partial charge in [-0.25, -0.2) is 0 Å². The number of benzene rings is 1. The summed E-state index contributed by atoms with van der Waals surface area (Å²) in [6, 6.07) is 13.4. The van der Waals surface area contributed by atoms with Crippen LogP contribution in [0.4, 0.5) is 5.69 Å². The van der Waals surface area contributed by atoms with Crippen LogP contribution in [0.25, 0.3) is 10.9 Å². The fraction of sp³-hybridized carbons (Fsp3) is 0.211. The zero-order valence-electron chi connectivity index (χ0n) is 14.4. The van der Waals surface area contributed by atoms with Gasteiger partial charge in [-0.2, -0.15) is 5.26 Å². The summed E-state index contributed by atoms with van der Waals surface area (Å²) >= 11 is 0. The smallest absolute Gasteiger partial charge is 0.268 e. The van der Waals surface area contributed by atoms with Gasteiger partial charge in [0.25, 0.3) is 5.91 Å². The third-order valence-corrected chi connectivity index (χ3v) is 4.04. The van der Waals surface area contributed by atoms with Crippen molar-refractivity contribution in [3.8, 4) is 6.07 Å². The molecule has 2 heterocycles. The molecule has 2 amide bonds. The molecule has 0 saturated carbocycles. The average Bonchev–Trinajstić information content (AvgIpc) is 3.19. The molecule has 0 aliphatic heterocycles. The summed E-state index contributed by atoms with van der Waals surface area (Å²) in [7, 11) is 1.73. The molecule has 0 fully saturated rings. The second-order valence-corrected chi connectivity index (χ2v) is 5.94. The van der Waals surface area contributed by atoms with E-state index in [1.807, 2.05) is 47.2 Å². The maximum absolute atomic E-state index is 12.3. The number of nitrogens with zero attached hydrogens (tertiary/aromatic N) is 3. The lowest BCUT2D eigenvalue weighted by molar-refractivity contribution is -0.116. The highest BCUT2D eigenvalue weighted by Gasteiger charge is 2.13. The minimum absolute atomic E-state index is 0.173. The Labute approximate surface area is 150 Å². The predicted octanol–water partition coefficient (Wildman–Crippen LogP) is 2.26. The van der Waals surface area contributed by atoms with Gasteiger partial charge in [-0.05, 0) is 23.6 Å². The molecule has 3 rings (SSSR count). The van der Waals surface area contributed by atoms with Gasteiger partial charge in [0.05, 0.1) is 18.2 Å². The molecule has 2 N–H and O–H groups in total. The van der Waals surface area contributed by atoms with Crippen molar-refractivity contribution in [3.05, 3.63) is 54.5 Å². The van der Waals surface area contributed by atoms with Crippen LogP contribution in [0.5, 0.6) is 0 Å². The zero-order valence-corrected chi connectivity index (χ0v) is 14.4. The van der Waals surface area contributed by atoms with Gasteiger partial charge in [0.2, 0.25) is 5.91 Å². The minimum atomic E-state index is -0.278. The van der Waals surface area contributed by atoms with Crippen molar-refractivity contribution in [2.45, 2.75) is 13.0 Å². The molecule has 0 spiro atoms. The third-order valence-electron chi connectivity index (χ3n) is 4.04. The monoisotopic (exact) mass is 349 g/mol. The maximum atomic E-state index is 12.3. The number of aryl methyl sites for hydroxylation is 1. The predicted molar refractivity (Wildman–Crippen MR) is 98.5 cm³/mol. The highest BCUT2D eigenvalue weighted by molar-refractivity contribution is 5.97. The molecule has 3 aromatic rings. The number of hydrogen-bond donors (Lipinski definition) is 2. The topological polar surface area (TPSA) is 91.8 Å². The van der Waals surface area contributed by atoms with Gasteiger partial charge in [-0.15, -0.1) is 0 Å². The zero-order chi connectivity index (χ0) is 18.5. The van der Waals surface area contributed by atoms with Crippen molar-refractivity contribution in [2.24, 2.45) is 7.05 Å². The van der Waals surface area contributed by atoms with E-state index >= 15 is 0 Å². The number of carbonyl (C=O) groups excluding carboxylic acids is 2. The number of nitriles is 1. The molecule has 0 radical (unpaired) electrons. The summed E-state index contributed by atoms with van der Waals surface area (Å²) in [6.45, 7) is 0.481. The van der Waals surface area contributed by atoms with Gasteiger partial charge in [0.1, 0.15) is 12.2 Å². The molecular formula is C19H19N5O2. The number of anilines is 1. The maximum Gasteiger partial charge on any atom is 0.268 e. The van der Waals surface area contributed by atoms with E-state index in [-0.39, 0.29) is 24.8 Å². The van der Waals surface area contributed by atoms with Crippen molar-refractivity contribution in [2.75, 3.05) is 11.9 Å². The number of hydrogen-bond acceptors (Lipinski definition) is 3. The Morgan fingerprint density at radius 3 is 2.85 bits per heavy atom. The first-order chi connectivity index (χ1) is 12.6. The Morgan fingerprint density at radius 1 is 1.23 bits per heavy atom. The molecule has 0 aliphatic carbocycles. The molecule has 1 aromatic carbocycles. The molecular weight excluding hydrogens is 330 g/mol. The fourth-order valence-electron chi connectivity index (χ4n) is 2.81. The number of rotatable bonds is 6. The summed E-state index contributed by atoms with van der Waals surface area (Å²) in [5.41, 5.74) is 1.97. The van der Waals surface area contributed by atoms with Crippen LogP contribution in [0.1, 0.15) is 16.9 Å². The molecule has 0 bridgehead atoms. The van der Waals surface area contributed by atoms with E-state index in [4.69, 9.17) is 5.26 Å².